The van der Waals surface area contributed by atoms with Crippen LogP contribution in [0.2, 0.25) is 0 Å². The molecule has 0 aliphatic heterocycles. The SMILES string of the molecule is COCCNCc1ccc(OCc2ccc(I)cc2)cn1. The van der Waals surface area contributed by atoms with Crippen LogP contribution in [0.15, 0.2) is 42.6 Å². The highest BCUT2D eigenvalue weighted by Gasteiger charge is 1.99. The van der Waals surface area contributed by atoms with Crippen molar-refractivity contribution >= 4 is 22.6 Å². The van der Waals surface area contributed by atoms with Crippen molar-refractivity contribution in [1.82, 2.24) is 10.3 Å². The van der Waals surface area contributed by atoms with Gasteiger partial charge in [0.2, 0.25) is 0 Å². The Balaban J connectivity index is 1.78. The van der Waals surface area contributed by atoms with E-state index in [0.717, 1.165) is 30.1 Å². The molecule has 0 saturated heterocycles. The van der Waals surface area contributed by atoms with Gasteiger partial charge in [-0.15, -0.1) is 0 Å². The Bertz CT molecular complexity index is 529. The van der Waals surface area contributed by atoms with Crippen molar-refractivity contribution in [2.75, 3.05) is 20.3 Å². The molecule has 1 aromatic heterocycles. The Morgan fingerprint density at radius 2 is 1.95 bits per heavy atom. The second kappa shape index (κ2) is 8.96. The van der Waals surface area contributed by atoms with E-state index in [4.69, 9.17) is 9.47 Å². The molecule has 0 atom stereocenters. The first-order chi connectivity index (χ1) is 10.3. The number of pyridine rings is 1. The van der Waals surface area contributed by atoms with Crippen LogP contribution < -0.4 is 10.1 Å². The summed E-state index contributed by atoms with van der Waals surface area (Å²) in [6.45, 7) is 2.82. The van der Waals surface area contributed by atoms with Crippen LogP contribution >= 0.6 is 22.6 Å². The standard InChI is InChI=1S/C16H19IN2O2/c1-20-9-8-18-10-15-6-7-16(11-19-15)21-12-13-2-4-14(17)5-3-13/h2-7,11,18H,8-10,12H2,1H3. The van der Waals surface area contributed by atoms with Crippen molar-refractivity contribution < 1.29 is 9.47 Å². The molecular formula is C16H19IN2O2. The zero-order valence-electron chi connectivity index (χ0n) is 12.0. The predicted molar refractivity (Wildman–Crippen MR) is 91.3 cm³/mol. The molecule has 4 nitrogen and oxygen atoms in total. The first kappa shape index (κ1) is 16.2. The third-order valence-corrected chi connectivity index (χ3v) is 3.62. The van der Waals surface area contributed by atoms with Gasteiger partial charge in [-0.25, -0.2) is 0 Å². The fraction of sp³-hybridized carbons (Fsp3) is 0.312. The van der Waals surface area contributed by atoms with Crippen molar-refractivity contribution in [2.24, 2.45) is 0 Å². The smallest absolute Gasteiger partial charge is 0.138 e. The zero-order valence-corrected chi connectivity index (χ0v) is 14.2. The van der Waals surface area contributed by atoms with Crippen molar-refractivity contribution in [3.8, 4) is 5.75 Å². The van der Waals surface area contributed by atoms with E-state index < -0.39 is 0 Å². The van der Waals surface area contributed by atoms with Crippen molar-refractivity contribution in [1.29, 1.82) is 0 Å². The van der Waals surface area contributed by atoms with E-state index >= 15 is 0 Å². The van der Waals surface area contributed by atoms with Gasteiger partial charge in [0.15, 0.2) is 0 Å². The molecule has 0 radical (unpaired) electrons. The summed E-state index contributed by atoms with van der Waals surface area (Å²) in [6.07, 6.45) is 1.76. The summed E-state index contributed by atoms with van der Waals surface area (Å²) in [7, 11) is 1.69. The van der Waals surface area contributed by atoms with Crippen molar-refractivity contribution in [2.45, 2.75) is 13.2 Å². The molecule has 21 heavy (non-hydrogen) atoms. The Hall–Kier alpha value is -1.18. The van der Waals surface area contributed by atoms with Gasteiger partial charge < -0.3 is 14.8 Å². The van der Waals surface area contributed by atoms with Gasteiger partial charge in [0.05, 0.1) is 18.5 Å². The Kier molecular flexibility index (Phi) is 6.91. The number of nitrogens with zero attached hydrogens (tertiary/aromatic N) is 1. The molecule has 0 amide bonds. The van der Waals surface area contributed by atoms with E-state index in [1.165, 1.54) is 3.57 Å². The van der Waals surface area contributed by atoms with Gasteiger partial charge in [-0.05, 0) is 52.4 Å². The van der Waals surface area contributed by atoms with E-state index in [0.29, 0.717) is 13.2 Å². The van der Waals surface area contributed by atoms with Crippen LogP contribution in [-0.4, -0.2) is 25.2 Å². The second-order valence-electron chi connectivity index (χ2n) is 4.57. The Morgan fingerprint density at radius 3 is 2.62 bits per heavy atom. The van der Waals surface area contributed by atoms with Crippen LogP contribution in [0.1, 0.15) is 11.3 Å². The Labute approximate surface area is 139 Å². The van der Waals surface area contributed by atoms with Crippen LogP contribution in [-0.2, 0) is 17.9 Å². The minimum absolute atomic E-state index is 0.560. The fourth-order valence-electron chi connectivity index (χ4n) is 1.74. The number of hydrogen-bond donors (Lipinski definition) is 1. The van der Waals surface area contributed by atoms with Gasteiger partial charge >= 0.3 is 0 Å². The minimum Gasteiger partial charge on any atom is -0.487 e. The topological polar surface area (TPSA) is 43.4 Å². The van der Waals surface area contributed by atoms with E-state index in [1.54, 1.807) is 13.3 Å². The lowest BCUT2D eigenvalue weighted by molar-refractivity contribution is 0.199. The van der Waals surface area contributed by atoms with Crippen LogP contribution in [0.4, 0.5) is 0 Å². The first-order valence-electron chi connectivity index (χ1n) is 6.80. The van der Waals surface area contributed by atoms with E-state index in [9.17, 15) is 0 Å². The lowest BCUT2D eigenvalue weighted by Gasteiger charge is -2.07. The predicted octanol–water partition coefficient (Wildman–Crippen LogP) is 3.00. The summed E-state index contributed by atoms with van der Waals surface area (Å²) in [6, 6.07) is 12.2. The first-order valence-corrected chi connectivity index (χ1v) is 7.87. The molecule has 1 N–H and O–H groups in total. The molecule has 112 valence electrons. The highest BCUT2D eigenvalue weighted by atomic mass is 127. The molecule has 0 aliphatic carbocycles. The van der Waals surface area contributed by atoms with Crippen molar-refractivity contribution in [3.63, 3.8) is 0 Å². The summed E-state index contributed by atoms with van der Waals surface area (Å²) < 4.78 is 11.9. The molecule has 5 heteroatoms. The number of benzene rings is 1. The maximum atomic E-state index is 5.72. The van der Waals surface area contributed by atoms with Gasteiger partial charge in [-0.3, -0.25) is 4.98 Å². The highest BCUT2D eigenvalue weighted by molar-refractivity contribution is 14.1. The van der Waals surface area contributed by atoms with E-state index in [-0.39, 0.29) is 0 Å². The molecule has 0 aliphatic rings. The number of ether oxygens (including phenoxy) is 2. The number of halogens is 1. The second-order valence-corrected chi connectivity index (χ2v) is 5.82. The van der Waals surface area contributed by atoms with Gasteiger partial charge in [0.1, 0.15) is 12.4 Å². The molecule has 0 spiro atoms. The summed E-state index contributed by atoms with van der Waals surface area (Å²) in [5.41, 5.74) is 2.15. The van der Waals surface area contributed by atoms with Crippen molar-refractivity contribution in [3.05, 3.63) is 57.4 Å². The zero-order chi connectivity index (χ0) is 14.9. The highest BCUT2D eigenvalue weighted by Crippen LogP contribution is 2.13. The summed E-state index contributed by atoms with van der Waals surface area (Å²) >= 11 is 2.29. The maximum Gasteiger partial charge on any atom is 0.138 e. The van der Waals surface area contributed by atoms with E-state index in [1.807, 2.05) is 12.1 Å². The van der Waals surface area contributed by atoms with Gasteiger partial charge in [0.25, 0.3) is 0 Å². The third kappa shape index (κ3) is 5.99. The molecule has 2 rings (SSSR count). The van der Waals surface area contributed by atoms with Crippen LogP contribution in [0.3, 0.4) is 0 Å². The summed E-state index contributed by atoms with van der Waals surface area (Å²) in [4.78, 5) is 4.37. The molecule has 0 fully saturated rings. The molecule has 0 unspecified atom stereocenters. The Morgan fingerprint density at radius 1 is 1.14 bits per heavy atom. The average Bonchev–Trinajstić information content (AvgIpc) is 2.52. The minimum atomic E-state index is 0.560. The van der Waals surface area contributed by atoms with Crippen LogP contribution in [0.5, 0.6) is 5.75 Å². The normalized spacial score (nSPS) is 10.6. The number of rotatable bonds is 8. The number of hydrogen-bond acceptors (Lipinski definition) is 4. The molecule has 1 aromatic carbocycles. The van der Waals surface area contributed by atoms with Gasteiger partial charge in [-0.1, -0.05) is 12.1 Å². The molecular weight excluding hydrogens is 379 g/mol. The maximum absolute atomic E-state index is 5.72. The lowest BCUT2D eigenvalue weighted by atomic mass is 10.2. The third-order valence-electron chi connectivity index (χ3n) is 2.91. The monoisotopic (exact) mass is 398 g/mol. The largest absolute Gasteiger partial charge is 0.487 e. The summed E-state index contributed by atoms with van der Waals surface area (Å²) in [5.74, 6) is 0.786. The van der Waals surface area contributed by atoms with E-state index in [2.05, 4.69) is 57.2 Å². The van der Waals surface area contributed by atoms with Gasteiger partial charge in [-0.2, -0.15) is 0 Å². The summed E-state index contributed by atoms with van der Waals surface area (Å²) in [5, 5.41) is 3.26. The van der Waals surface area contributed by atoms with Crippen LogP contribution in [0, 0.1) is 3.57 Å². The fourth-order valence-corrected chi connectivity index (χ4v) is 2.10. The number of methoxy groups -OCH3 is 1. The van der Waals surface area contributed by atoms with Gasteiger partial charge in [0, 0.05) is 23.8 Å². The molecule has 0 bridgehead atoms. The lowest BCUT2D eigenvalue weighted by Crippen LogP contribution is -2.19. The molecule has 1 heterocycles. The average molecular weight is 398 g/mol. The number of nitrogens with one attached hydrogen (secondary N) is 1. The molecule has 2 aromatic rings. The molecule has 0 saturated carbocycles. The number of aromatic nitrogens is 1. The van der Waals surface area contributed by atoms with Crippen LogP contribution in [0.25, 0.3) is 0 Å². The quantitative estimate of drug-likeness (QED) is 0.549.